The maximum absolute atomic E-state index is 6.00. The second-order valence-electron chi connectivity index (χ2n) is 6.62. The average molecular weight is 361 g/mol. The molecular formula is C23H23NO3. The molecule has 4 heteroatoms. The third-order valence-corrected chi connectivity index (χ3v) is 4.54. The van der Waals surface area contributed by atoms with Crippen LogP contribution < -0.4 is 4.74 Å². The summed E-state index contributed by atoms with van der Waals surface area (Å²) in [7, 11) is 0. The predicted molar refractivity (Wildman–Crippen MR) is 107 cm³/mol. The standard InChI is InChI=1S/C23H23NO3/c1-2-3-4-5-13-25-19-9-6-8-18(15-19)23-24-20-12-11-17(16-22(20)27-23)21-10-7-14-26-21/h6-12,14-16H,2-5,13H2,1H3. The first-order chi connectivity index (χ1) is 13.3. The van der Waals surface area contributed by atoms with Gasteiger partial charge < -0.3 is 13.6 Å². The van der Waals surface area contributed by atoms with Gasteiger partial charge in [-0.15, -0.1) is 0 Å². The summed E-state index contributed by atoms with van der Waals surface area (Å²) in [4.78, 5) is 4.61. The van der Waals surface area contributed by atoms with Gasteiger partial charge in [0.15, 0.2) is 5.58 Å². The van der Waals surface area contributed by atoms with Gasteiger partial charge in [0, 0.05) is 11.1 Å². The molecule has 0 amide bonds. The summed E-state index contributed by atoms with van der Waals surface area (Å²) in [6, 6.07) is 17.6. The van der Waals surface area contributed by atoms with Crippen LogP contribution in [0.25, 0.3) is 33.9 Å². The summed E-state index contributed by atoms with van der Waals surface area (Å²) in [5.41, 5.74) is 3.45. The first-order valence-electron chi connectivity index (χ1n) is 9.51. The lowest BCUT2D eigenvalue weighted by molar-refractivity contribution is 0.305. The normalized spacial score (nSPS) is 11.1. The molecule has 0 N–H and O–H groups in total. The molecule has 0 fully saturated rings. The molecule has 0 atom stereocenters. The molecule has 0 aliphatic carbocycles. The van der Waals surface area contributed by atoms with Crippen molar-refractivity contribution in [3.05, 3.63) is 60.9 Å². The van der Waals surface area contributed by atoms with Crippen LogP contribution in [-0.4, -0.2) is 11.6 Å². The molecule has 4 rings (SSSR count). The van der Waals surface area contributed by atoms with Crippen LogP contribution in [-0.2, 0) is 0 Å². The highest BCUT2D eigenvalue weighted by Crippen LogP contribution is 2.30. The van der Waals surface area contributed by atoms with Crippen LogP contribution in [0.1, 0.15) is 32.6 Å². The van der Waals surface area contributed by atoms with E-state index < -0.39 is 0 Å². The highest BCUT2D eigenvalue weighted by Gasteiger charge is 2.11. The molecule has 0 bridgehead atoms. The van der Waals surface area contributed by atoms with Crippen molar-refractivity contribution in [3.8, 4) is 28.5 Å². The van der Waals surface area contributed by atoms with E-state index >= 15 is 0 Å². The Kier molecular flexibility index (Phi) is 5.24. The van der Waals surface area contributed by atoms with Gasteiger partial charge >= 0.3 is 0 Å². The maximum Gasteiger partial charge on any atom is 0.227 e. The predicted octanol–water partition coefficient (Wildman–Crippen LogP) is 6.71. The summed E-state index contributed by atoms with van der Waals surface area (Å²) in [6.45, 7) is 2.95. The van der Waals surface area contributed by atoms with Crippen molar-refractivity contribution in [2.45, 2.75) is 32.6 Å². The zero-order chi connectivity index (χ0) is 18.5. The van der Waals surface area contributed by atoms with E-state index in [2.05, 4.69) is 11.9 Å². The summed E-state index contributed by atoms with van der Waals surface area (Å²) >= 11 is 0. The highest BCUT2D eigenvalue weighted by molar-refractivity contribution is 5.81. The van der Waals surface area contributed by atoms with Gasteiger partial charge in [-0.2, -0.15) is 0 Å². The van der Waals surface area contributed by atoms with E-state index in [-0.39, 0.29) is 0 Å². The van der Waals surface area contributed by atoms with Crippen molar-refractivity contribution < 1.29 is 13.6 Å². The molecule has 2 aromatic carbocycles. The molecule has 138 valence electrons. The van der Waals surface area contributed by atoms with Gasteiger partial charge in [-0.1, -0.05) is 32.3 Å². The molecule has 27 heavy (non-hydrogen) atoms. The van der Waals surface area contributed by atoms with Crippen LogP contribution in [0.3, 0.4) is 0 Å². The van der Waals surface area contributed by atoms with Gasteiger partial charge in [-0.3, -0.25) is 0 Å². The Hall–Kier alpha value is -3.01. The quantitative estimate of drug-likeness (QED) is 0.327. The van der Waals surface area contributed by atoms with Crippen molar-refractivity contribution in [2.24, 2.45) is 0 Å². The van der Waals surface area contributed by atoms with Crippen molar-refractivity contribution in [3.63, 3.8) is 0 Å². The molecule has 0 saturated carbocycles. The van der Waals surface area contributed by atoms with E-state index in [1.54, 1.807) is 6.26 Å². The summed E-state index contributed by atoms with van der Waals surface area (Å²) in [5.74, 6) is 2.26. The number of nitrogens with zero attached hydrogens (tertiary/aromatic N) is 1. The Labute approximate surface area is 158 Å². The summed E-state index contributed by atoms with van der Waals surface area (Å²) in [5, 5.41) is 0. The summed E-state index contributed by atoms with van der Waals surface area (Å²) < 4.78 is 17.3. The fraction of sp³-hybridized carbons (Fsp3) is 0.261. The lowest BCUT2D eigenvalue weighted by Gasteiger charge is -2.06. The van der Waals surface area contributed by atoms with E-state index in [1.165, 1.54) is 19.3 Å². The SMILES string of the molecule is CCCCCCOc1cccc(-c2nc3ccc(-c4ccco4)cc3o2)c1. The number of hydrogen-bond acceptors (Lipinski definition) is 4. The fourth-order valence-corrected chi connectivity index (χ4v) is 3.08. The smallest absolute Gasteiger partial charge is 0.227 e. The molecule has 0 aliphatic rings. The molecular weight excluding hydrogens is 338 g/mol. The number of oxazole rings is 1. The molecule has 4 aromatic rings. The minimum Gasteiger partial charge on any atom is -0.494 e. The van der Waals surface area contributed by atoms with Crippen molar-refractivity contribution >= 4 is 11.1 Å². The number of rotatable bonds is 8. The fourth-order valence-electron chi connectivity index (χ4n) is 3.08. The highest BCUT2D eigenvalue weighted by atomic mass is 16.5. The van der Waals surface area contributed by atoms with Crippen LogP contribution in [0.2, 0.25) is 0 Å². The van der Waals surface area contributed by atoms with Crippen LogP contribution in [0.4, 0.5) is 0 Å². The van der Waals surface area contributed by atoms with Gasteiger partial charge in [-0.05, 0) is 55.0 Å². The van der Waals surface area contributed by atoms with Gasteiger partial charge in [0.25, 0.3) is 0 Å². The Balaban J connectivity index is 1.52. The molecule has 4 nitrogen and oxygen atoms in total. The van der Waals surface area contributed by atoms with E-state index in [4.69, 9.17) is 13.6 Å². The van der Waals surface area contributed by atoms with Crippen LogP contribution in [0.15, 0.2) is 69.7 Å². The topological polar surface area (TPSA) is 48.4 Å². The van der Waals surface area contributed by atoms with Crippen LogP contribution in [0.5, 0.6) is 5.75 Å². The number of furan rings is 1. The largest absolute Gasteiger partial charge is 0.494 e. The molecule has 0 spiro atoms. The summed E-state index contributed by atoms with van der Waals surface area (Å²) in [6.07, 6.45) is 6.44. The third-order valence-electron chi connectivity index (χ3n) is 4.54. The van der Waals surface area contributed by atoms with E-state index in [0.29, 0.717) is 5.89 Å². The Morgan fingerprint density at radius 1 is 0.926 bits per heavy atom. The third kappa shape index (κ3) is 4.05. The Morgan fingerprint density at radius 2 is 1.89 bits per heavy atom. The molecule has 0 aliphatic heterocycles. The molecule has 0 unspecified atom stereocenters. The molecule has 2 heterocycles. The van der Waals surface area contributed by atoms with E-state index in [0.717, 1.165) is 46.8 Å². The number of aromatic nitrogens is 1. The van der Waals surface area contributed by atoms with Crippen LogP contribution >= 0.6 is 0 Å². The number of unbranched alkanes of at least 4 members (excludes halogenated alkanes) is 3. The van der Waals surface area contributed by atoms with Crippen molar-refractivity contribution in [2.75, 3.05) is 6.61 Å². The average Bonchev–Trinajstić information content (AvgIpc) is 3.37. The van der Waals surface area contributed by atoms with Gasteiger partial charge in [0.1, 0.15) is 17.0 Å². The second-order valence-corrected chi connectivity index (χ2v) is 6.62. The van der Waals surface area contributed by atoms with Gasteiger partial charge in [0.2, 0.25) is 5.89 Å². The Bertz CT molecular complexity index is 1000. The first kappa shape index (κ1) is 17.4. The lowest BCUT2D eigenvalue weighted by atomic mass is 10.1. The number of benzene rings is 2. The van der Waals surface area contributed by atoms with Gasteiger partial charge in [0.05, 0.1) is 12.9 Å². The molecule has 2 aromatic heterocycles. The van der Waals surface area contributed by atoms with Crippen LogP contribution in [0, 0.1) is 0 Å². The number of fused-ring (bicyclic) bond motifs is 1. The zero-order valence-electron chi connectivity index (χ0n) is 15.5. The minimum atomic E-state index is 0.595. The van der Waals surface area contributed by atoms with Crippen molar-refractivity contribution in [1.29, 1.82) is 0 Å². The minimum absolute atomic E-state index is 0.595. The maximum atomic E-state index is 6.00. The van der Waals surface area contributed by atoms with Gasteiger partial charge in [-0.25, -0.2) is 4.98 Å². The lowest BCUT2D eigenvalue weighted by Crippen LogP contribution is -1.97. The monoisotopic (exact) mass is 361 g/mol. The first-order valence-corrected chi connectivity index (χ1v) is 9.51. The molecule has 0 saturated heterocycles. The second kappa shape index (κ2) is 8.12. The molecule has 0 radical (unpaired) electrons. The Morgan fingerprint density at radius 3 is 2.74 bits per heavy atom. The number of ether oxygens (including phenoxy) is 1. The number of hydrogen-bond donors (Lipinski definition) is 0. The van der Waals surface area contributed by atoms with E-state index in [9.17, 15) is 0 Å². The van der Waals surface area contributed by atoms with Crippen molar-refractivity contribution in [1.82, 2.24) is 4.98 Å². The zero-order valence-corrected chi connectivity index (χ0v) is 15.5. The van der Waals surface area contributed by atoms with E-state index in [1.807, 2.05) is 54.6 Å².